The van der Waals surface area contributed by atoms with E-state index >= 15 is 0 Å². The zero-order valence-corrected chi connectivity index (χ0v) is 12.8. The van der Waals surface area contributed by atoms with Gasteiger partial charge in [-0.3, -0.25) is 4.79 Å². The van der Waals surface area contributed by atoms with Gasteiger partial charge in [-0.15, -0.1) is 17.5 Å². The van der Waals surface area contributed by atoms with Crippen molar-refractivity contribution in [1.82, 2.24) is 20.3 Å². The first-order chi connectivity index (χ1) is 10.3. The van der Waals surface area contributed by atoms with E-state index in [1.165, 1.54) is 0 Å². The standard InChI is InChI=1S/C14H17N5O2.ClH/c20-14(9-12-10-21-8-6-15-12)17-11-1-3-13(4-2-11)19-7-5-16-18-19;/h1-5,7,12,15H,6,8-10H2,(H,17,20);1H. The average molecular weight is 324 g/mol. The van der Waals surface area contributed by atoms with E-state index in [0.29, 0.717) is 19.6 Å². The molecule has 1 aliphatic heterocycles. The summed E-state index contributed by atoms with van der Waals surface area (Å²) in [6.45, 7) is 2.09. The van der Waals surface area contributed by atoms with Gasteiger partial charge in [0.15, 0.2) is 0 Å². The molecule has 1 aromatic carbocycles. The van der Waals surface area contributed by atoms with Gasteiger partial charge in [-0.25, -0.2) is 4.68 Å². The number of anilines is 1. The van der Waals surface area contributed by atoms with Gasteiger partial charge >= 0.3 is 0 Å². The predicted octanol–water partition coefficient (Wildman–Crippen LogP) is 1.01. The SMILES string of the molecule is Cl.O=C(CC1COCCN1)Nc1ccc(-n2ccnn2)cc1. The van der Waals surface area contributed by atoms with Gasteiger partial charge in [-0.2, -0.15) is 0 Å². The maximum absolute atomic E-state index is 12.0. The number of carbonyl (C=O) groups is 1. The number of hydrogen-bond acceptors (Lipinski definition) is 5. The lowest BCUT2D eigenvalue weighted by molar-refractivity contribution is -0.117. The first-order valence-corrected chi connectivity index (χ1v) is 6.89. The van der Waals surface area contributed by atoms with Crippen LogP contribution in [0.1, 0.15) is 6.42 Å². The molecule has 7 nitrogen and oxygen atoms in total. The Morgan fingerprint density at radius 3 is 2.86 bits per heavy atom. The number of rotatable bonds is 4. The molecular weight excluding hydrogens is 306 g/mol. The van der Waals surface area contributed by atoms with Crippen LogP contribution in [0.15, 0.2) is 36.7 Å². The number of benzene rings is 1. The normalized spacial score (nSPS) is 17.5. The summed E-state index contributed by atoms with van der Waals surface area (Å²) in [7, 11) is 0. The summed E-state index contributed by atoms with van der Waals surface area (Å²) in [6.07, 6.45) is 3.79. The van der Waals surface area contributed by atoms with Crippen molar-refractivity contribution >= 4 is 24.0 Å². The molecule has 1 atom stereocenters. The van der Waals surface area contributed by atoms with E-state index in [2.05, 4.69) is 20.9 Å². The van der Waals surface area contributed by atoms with Crippen LogP contribution in [0.25, 0.3) is 5.69 Å². The Kier molecular flexibility index (Phi) is 5.88. The zero-order chi connectivity index (χ0) is 14.5. The molecule has 1 aliphatic rings. The van der Waals surface area contributed by atoms with Crippen molar-refractivity contribution in [2.24, 2.45) is 0 Å². The highest BCUT2D eigenvalue weighted by molar-refractivity contribution is 5.91. The fourth-order valence-corrected chi connectivity index (χ4v) is 2.23. The Hall–Kier alpha value is -1.96. The minimum Gasteiger partial charge on any atom is -0.378 e. The molecule has 118 valence electrons. The van der Waals surface area contributed by atoms with Crippen molar-refractivity contribution in [1.29, 1.82) is 0 Å². The highest BCUT2D eigenvalue weighted by atomic mass is 35.5. The van der Waals surface area contributed by atoms with Crippen LogP contribution in [-0.4, -0.2) is 46.7 Å². The first kappa shape index (κ1) is 16.4. The van der Waals surface area contributed by atoms with Crippen LogP contribution in [0.5, 0.6) is 0 Å². The Balaban J connectivity index is 0.00000176. The van der Waals surface area contributed by atoms with E-state index in [1.807, 2.05) is 24.3 Å². The topological polar surface area (TPSA) is 81.1 Å². The quantitative estimate of drug-likeness (QED) is 0.877. The Morgan fingerprint density at radius 1 is 1.41 bits per heavy atom. The molecule has 0 spiro atoms. The van der Waals surface area contributed by atoms with E-state index in [1.54, 1.807) is 17.1 Å². The smallest absolute Gasteiger partial charge is 0.226 e. The Bertz CT molecular complexity index is 582. The van der Waals surface area contributed by atoms with Crippen LogP contribution < -0.4 is 10.6 Å². The fraction of sp³-hybridized carbons (Fsp3) is 0.357. The van der Waals surface area contributed by atoms with Crippen LogP contribution in [0.2, 0.25) is 0 Å². The summed E-state index contributed by atoms with van der Waals surface area (Å²) < 4.78 is 6.99. The molecule has 1 unspecified atom stereocenters. The number of hydrogen-bond donors (Lipinski definition) is 2. The molecular formula is C14H18ClN5O2. The number of aromatic nitrogens is 3. The lowest BCUT2D eigenvalue weighted by Crippen LogP contribution is -2.43. The highest BCUT2D eigenvalue weighted by Gasteiger charge is 2.16. The number of nitrogens with one attached hydrogen (secondary N) is 2. The summed E-state index contributed by atoms with van der Waals surface area (Å²) in [5.41, 5.74) is 1.66. The molecule has 0 bridgehead atoms. The molecule has 2 aromatic rings. The highest BCUT2D eigenvalue weighted by Crippen LogP contribution is 2.13. The summed E-state index contributed by atoms with van der Waals surface area (Å²) in [6, 6.07) is 7.55. The van der Waals surface area contributed by atoms with Gasteiger partial charge in [0.05, 0.1) is 31.3 Å². The van der Waals surface area contributed by atoms with Crippen LogP contribution >= 0.6 is 12.4 Å². The average Bonchev–Trinajstić information content (AvgIpc) is 3.03. The van der Waals surface area contributed by atoms with Gasteiger partial charge < -0.3 is 15.4 Å². The van der Waals surface area contributed by atoms with E-state index < -0.39 is 0 Å². The van der Waals surface area contributed by atoms with Gasteiger partial charge in [0.1, 0.15) is 0 Å². The number of ether oxygens (including phenoxy) is 1. The summed E-state index contributed by atoms with van der Waals surface area (Å²) in [5.74, 6) is -0.0218. The van der Waals surface area contributed by atoms with Gasteiger partial charge in [0, 0.05) is 24.7 Å². The predicted molar refractivity (Wildman–Crippen MR) is 84.5 cm³/mol. The minimum absolute atomic E-state index is 0. The van der Waals surface area contributed by atoms with Gasteiger partial charge in [-0.05, 0) is 24.3 Å². The summed E-state index contributed by atoms with van der Waals surface area (Å²) in [4.78, 5) is 12.0. The zero-order valence-electron chi connectivity index (χ0n) is 11.9. The molecule has 1 amide bonds. The number of nitrogens with zero attached hydrogens (tertiary/aromatic N) is 3. The maximum Gasteiger partial charge on any atom is 0.226 e. The summed E-state index contributed by atoms with van der Waals surface area (Å²) in [5, 5.41) is 13.8. The van der Waals surface area contributed by atoms with Crippen molar-refractivity contribution in [2.75, 3.05) is 25.1 Å². The van der Waals surface area contributed by atoms with Gasteiger partial charge in [-0.1, -0.05) is 5.21 Å². The molecule has 3 rings (SSSR count). The van der Waals surface area contributed by atoms with Crippen molar-refractivity contribution in [3.05, 3.63) is 36.7 Å². The van der Waals surface area contributed by atoms with Crippen LogP contribution in [0.4, 0.5) is 5.69 Å². The molecule has 22 heavy (non-hydrogen) atoms. The van der Waals surface area contributed by atoms with E-state index in [9.17, 15) is 4.79 Å². The van der Waals surface area contributed by atoms with E-state index in [0.717, 1.165) is 17.9 Å². The molecule has 0 aliphatic carbocycles. The molecule has 0 saturated carbocycles. The molecule has 2 N–H and O–H groups in total. The van der Waals surface area contributed by atoms with Crippen LogP contribution in [-0.2, 0) is 9.53 Å². The second-order valence-electron chi connectivity index (χ2n) is 4.87. The number of amides is 1. The largest absolute Gasteiger partial charge is 0.378 e. The Labute approximate surface area is 134 Å². The number of halogens is 1. The van der Waals surface area contributed by atoms with Gasteiger partial charge in [0.2, 0.25) is 5.91 Å². The second kappa shape index (κ2) is 7.88. The molecule has 1 aromatic heterocycles. The first-order valence-electron chi connectivity index (χ1n) is 6.89. The van der Waals surface area contributed by atoms with Crippen molar-refractivity contribution in [3.8, 4) is 5.69 Å². The maximum atomic E-state index is 12.0. The van der Waals surface area contributed by atoms with Gasteiger partial charge in [0.25, 0.3) is 0 Å². The van der Waals surface area contributed by atoms with Crippen molar-refractivity contribution in [2.45, 2.75) is 12.5 Å². The number of morpholine rings is 1. The molecule has 1 fully saturated rings. The van der Waals surface area contributed by atoms with Crippen molar-refractivity contribution < 1.29 is 9.53 Å². The molecule has 2 heterocycles. The third-order valence-corrected chi connectivity index (χ3v) is 3.27. The molecule has 1 saturated heterocycles. The second-order valence-corrected chi connectivity index (χ2v) is 4.87. The molecule has 8 heteroatoms. The van der Waals surface area contributed by atoms with Crippen LogP contribution in [0, 0.1) is 0 Å². The van der Waals surface area contributed by atoms with E-state index in [-0.39, 0.29) is 24.4 Å². The monoisotopic (exact) mass is 323 g/mol. The lowest BCUT2D eigenvalue weighted by Gasteiger charge is -2.23. The van der Waals surface area contributed by atoms with E-state index in [4.69, 9.17) is 4.74 Å². The fourth-order valence-electron chi connectivity index (χ4n) is 2.23. The number of carbonyl (C=O) groups excluding carboxylic acids is 1. The van der Waals surface area contributed by atoms with Crippen molar-refractivity contribution in [3.63, 3.8) is 0 Å². The third kappa shape index (κ3) is 4.27. The lowest BCUT2D eigenvalue weighted by atomic mass is 10.2. The van der Waals surface area contributed by atoms with Crippen LogP contribution in [0.3, 0.4) is 0 Å². The Morgan fingerprint density at radius 2 is 2.23 bits per heavy atom. The molecule has 0 radical (unpaired) electrons. The summed E-state index contributed by atoms with van der Waals surface area (Å²) >= 11 is 0. The third-order valence-electron chi connectivity index (χ3n) is 3.27. The minimum atomic E-state index is -0.0218.